The molecule has 0 amide bonds. The average Bonchev–Trinajstić information content (AvgIpc) is 2.98. The standard InChI is InChI=1S/C13H14O2/c1-2-11-10-8-13(10,12(14)15-11)9-6-4-3-5-7-9/h3-7,10-11H,2,8H2,1H3/t10-,11-,13+/m0/s1. The molecule has 3 rings (SSSR count). The van der Waals surface area contributed by atoms with Crippen molar-refractivity contribution >= 4 is 5.97 Å². The van der Waals surface area contributed by atoms with Gasteiger partial charge in [-0.2, -0.15) is 0 Å². The maximum absolute atomic E-state index is 11.9. The molecule has 0 bridgehead atoms. The number of hydrogen-bond acceptors (Lipinski definition) is 2. The fourth-order valence-electron chi connectivity index (χ4n) is 2.85. The Morgan fingerprint density at radius 2 is 2.13 bits per heavy atom. The van der Waals surface area contributed by atoms with Gasteiger partial charge < -0.3 is 4.74 Å². The largest absolute Gasteiger partial charge is 0.461 e. The highest BCUT2D eigenvalue weighted by molar-refractivity contribution is 5.90. The van der Waals surface area contributed by atoms with E-state index in [4.69, 9.17) is 4.74 Å². The molecule has 2 nitrogen and oxygen atoms in total. The average molecular weight is 202 g/mol. The van der Waals surface area contributed by atoms with Gasteiger partial charge in [-0.3, -0.25) is 4.79 Å². The number of cyclic esters (lactones) is 1. The van der Waals surface area contributed by atoms with Gasteiger partial charge in [0.15, 0.2) is 0 Å². The second-order valence-corrected chi connectivity index (χ2v) is 4.50. The van der Waals surface area contributed by atoms with Gasteiger partial charge in [0.2, 0.25) is 0 Å². The summed E-state index contributed by atoms with van der Waals surface area (Å²) in [5.74, 6) is 0.419. The molecular formula is C13H14O2. The molecule has 0 aromatic heterocycles. The molecular weight excluding hydrogens is 188 g/mol. The van der Waals surface area contributed by atoms with Crippen LogP contribution in [0.25, 0.3) is 0 Å². The van der Waals surface area contributed by atoms with Crippen LogP contribution in [0.2, 0.25) is 0 Å². The molecule has 1 saturated carbocycles. The third-order valence-corrected chi connectivity index (χ3v) is 3.78. The van der Waals surface area contributed by atoms with Crippen LogP contribution in [-0.2, 0) is 14.9 Å². The lowest BCUT2D eigenvalue weighted by atomic mass is 9.93. The Bertz CT molecular complexity index is 398. The molecule has 0 spiro atoms. The molecule has 3 atom stereocenters. The van der Waals surface area contributed by atoms with Crippen molar-refractivity contribution in [3.8, 4) is 0 Å². The van der Waals surface area contributed by atoms with Crippen molar-refractivity contribution in [2.24, 2.45) is 5.92 Å². The molecule has 1 aromatic rings. The first-order valence-corrected chi connectivity index (χ1v) is 5.55. The van der Waals surface area contributed by atoms with Crippen LogP contribution < -0.4 is 0 Å². The van der Waals surface area contributed by atoms with E-state index in [-0.39, 0.29) is 17.5 Å². The van der Waals surface area contributed by atoms with Gasteiger partial charge in [-0.1, -0.05) is 37.3 Å². The summed E-state index contributed by atoms with van der Waals surface area (Å²) in [6, 6.07) is 10.0. The number of benzene rings is 1. The van der Waals surface area contributed by atoms with E-state index in [0.29, 0.717) is 5.92 Å². The molecule has 1 aliphatic heterocycles. The van der Waals surface area contributed by atoms with E-state index in [2.05, 4.69) is 6.92 Å². The van der Waals surface area contributed by atoms with Crippen LogP contribution in [0, 0.1) is 5.92 Å². The van der Waals surface area contributed by atoms with E-state index in [1.165, 1.54) is 0 Å². The van der Waals surface area contributed by atoms with Crippen LogP contribution in [0.1, 0.15) is 25.3 Å². The molecule has 2 fully saturated rings. The first-order chi connectivity index (χ1) is 7.29. The van der Waals surface area contributed by atoms with E-state index in [9.17, 15) is 4.79 Å². The van der Waals surface area contributed by atoms with Crippen LogP contribution in [0.3, 0.4) is 0 Å². The van der Waals surface area contributed by atoms with Crippen LogP contribution in [0.5, 0.6) is 0 Å². The molecule has 0 radical (unpaired) electrons. The molecule has 1 aromatic carbocycles. The first kappa shape index (κ1) is 8.96. The fourth-order valence-corrected chi connectivity index (χ4v) is 2.85. The summed E-state index contributed by atoms with van der Waals surface area (Å²) in [5, 5.41) is 0. The highest BCUT2D eigenvalue weighted by Gasteiger charge is 2.70. The Hall–Kier alpha value is -1.31. The van der Waals surface area contributed by atoms with Crippen molar-refractivity contribution in [2.45, 2.75) is 31.3 Å². The van der Waals surface area contributed by atoms with E-state index in [1.807, 2.05) is 30.3 Å². The zero-order valence-corrected chi connectivity index (χ0v) is 8.77. The molecule has 2 aliphatic rings. The number of fused-ring (bicyclic) bond motifs is 1. The summed E-state index contributed by atoms with van der Waals surface area (Å²) in [5.41, 5.74) is 0.859. The lowest BCUT2D eigenvalue weighted by Gasteiger charge is -2.09. The Morgan fingerprint density at radius 3 is 2.67 bits per heavy atom. The fraction of sp³-hybridized carbons (Fsp3) is 0.462. The Kier molecular flexibility index (Phi) is 1.70. The van der Waals surface area contributed by atoms with Gasteiger partial charge in [0.25, 0.3) is 0 Å². The smallest absolute Gasteiger partial charge is 0.317 e. The van der Waals surface area contributed by atoms with Gasteiger partial charge in [0.05, 0.1) is 5.41 Å². The molecule has 0 N–H and O–H groups in total. The normalized spacial score (nSPS) is 37.3. The van der Waals surface area contributed by atoms with Crippen LogP contribution in [0.15, 0.2) is 30.3 Å². The minimum absolute atomic E-state index is 0.00875. The van der Waals surface area contributed by atoms with Crippen LogP contribution >= 0.6 is 0 Å². The predicted octanol–water partition coefficient (Wildman–Crippen LogP) is 2.28. The molecule has 1 aliphatic carbocycles. The molecule has 2 heteroatoms. The zero-order chi connectivity index (χ0) is 10.5. The second-order valence-electron chi connectivity index (χ2n) is 4.50. The summed E-state index contributed by atoms with van der Waals surface area (Å²) in [6.45, 7) is 2.08. The topological polar surface area (TPSA) is 26.3 Å². The predicted molar refractivity (Wildman–Crippen MR) is 56.4 cm³/mol. The number of carbonyl (C=O) groups excluding carboxylic acids is 1. The van der Waals surface area contributed by atoms with Gasteiger partial charge in [-0.05, 0) is 18.4 Å². The highest BCUT2D eigenvalue weighted by atomic mass is 16.6. The Morgan fingerprint density at radius 1 is 1.40 bits per heavy atom. The summed E-state index contributed by atoms with van der Waals surface area (Å²) in [7, 11) is 0. The maximum atomic E-state index is 11.9. The maximum Gasteiger partial charge on any atom is 0.317 e. The van der Waals surface area contributed by atoms with E-state index in [1.54, 1.807) is 0 Å². The van der Waals surface area contributed by atoms with Gasteiger partial charge in [0, 0.05) is 5.92 Å². The minimum atomic E-state index is -0.276. The quantitative estimate of drug-likeness (QED) is 0.688. The lowest BCUT2D eigenvalue weighted by molar-refractivity contribution is -0.146. The SMILES string of the molecule is CC[C@@H]1OC(=O)[C@@]2(c3ccccc3)C[C@@H]12. The third-order valence-electron chi connectivity index (χ3n) is 3.78. The Balaban J connectivity index is 1.99. The van der Waals surface area contributed by atoms with E-state index in [0.717, 1.165) is 18.4 Å². The first-order valence-electron chi connectivity index (χ1n) is 5.55. The van der Waals surface area contributed by atoms with E-state index >= 15 is 0 Å². The van der Waals surface area contributed by atoms with Gasteiger partial charge >= 0.3 is 5.97 Å². The molecule has 0 unspecified atom stereocenters. The summed E-state index contributed by atoms with van der Waals surface area (Å²) >= 11 is 0. The third kappa shape index (κ3) is 1.02. The molecule has 1 saturated heterocycles. The van der Waals surface area contributed by atoms with E-state index < -0.39 is 0 Å². The number of carbonyl (C=O) groups is 1. The lowest BCUT2D eigenvalue weighted by Crippen LogP contribution is -2.18. The molecule has 78 valence electrons. The minimum Gasteiger partial charge on any atom is -0.461 e. The van der Waals surface area contributed by atoms with Gasteiger partial charge in [-0.15, -0.1) is 0 Å². The molecule has 1 heterocycles. The van der Waals surface area contributed by atoms with Crippen LogP contribution in [0.4, 0.5) is 0 Å². The van der Waals surface area contributed by atoms with Crippen LogP contribution in [-0.4, -0.2) is 12.1 Å². The summed E-state index contributed by atoms with van der Waals surface area (Å²) in [6.07, 6.45) is 2.07. The van der Waals surface area contributed by atoms with Crippen molar-refractivity contribution in [3.05, 3.63) is 35.9 Å². The van der Waals surface area contributed by atoms with Crippen molar-refractivity contribution < 1.29 is 9.53 Å². The van der Waals surface area contributed by atoms with Crippen molar-refractivity contribution in [1.29, 1.82) is 0 Å². The summed E-state index contributed by atoms with van der Waals surface area (Å²) in [4.78, 5) is 11.9. The number of rotatable bonds is 2. The number of esters is 1. The van der Waals surface area contributed by atoms with Gasteiger partial charge in [0.1, 0.15) is 6.10 Å². The number of ether oxygens (including phenoxy) is 1. The zero-order valence-electron chi connectivity index (χ0n) is 8.77. The molecule has 15 heavy (non-hydrogen) atoms. The van der Waals surface area contributed by atoms with Gasteiger partial charge in [-0.25, -0.2) is 0 Å². The van der Waals surface area contributed by atoms with Crippen molar-refractivity contribution in [3.63, 3.8) is 0 Å². The highest BCUT2D eigenvalue weighted by Crippen LogP contribution is 2.62. The second kappa shape index (κ2) is 2.84. The Labute approximate surface area is 89.2 Å². The van der Waals surface area contributed by atoms with Crippen molar-refractivity contribution in [1.82, 2.24) is 0 Å². The van der Waals surface area contributed by atoms with Crippen molar-refractivity contribution in [2.75, 3.05) is 0 Å². The summed E-state index contributed by atoms with van der Waals surface area (Å²) < 4.78 is 5.39. The monoisotopic (exact) mass is 202 g/mol. The number of hydrogen-bond donors (Lipinski definition) is 0.